The molecule has 2 amide bonds. The Hall–Kier alpha value is -2.24. The Morgan fingerprint density at radius 3 is 2.44 bits per heavy atom. The van der Waals surface area contributed by atoms with Gasteiger partial charge in [0.05, 0.1) is 14.2 Å². The van der Waals surface area contributed by atoms with Crippen LogP contribution in [0, 0.1) is 11.8 Å². The van der Waals surface area contributed by atoms with Gasteiger partial charge in [0.1, 0.15) is 6.04 Å². The predicted molar refractivity (Wildman–Crippen MR) is 105 cm³/mol. The van der Waals surface area contributed by atoms with Crippen LogP contribution in [0.2, 0.25) is 0 Å². The maximum Gasteiger partial charge on any atom is 0.242 e. The fourth-order valence-corrected chi connectivity index (χ4v) is 3.12. The maximum absolute atomic E-state index is 12.7. The fraction of sp³-hybridized carbons (Fsp3) is 0.619. The summed E-state index contributed by atoms with van der Waals surface area (Å²) >= 11 is 0. The summed E-state index contributed by atoms with van der Waals surface area (Å²) in [5.74, 6) is 1.43. The lowest BCUT2D eigenvalue weighted by molar-refractivity contribution is -0.133. The summed E-state index contributed by atoms with van der Waals surface area (Å²) in [4.78, 5) is 24.9. The van der Waals surface area contributed by atoms with Crippen molar-refractivity contribution in [2.45, 2.75) is 52.0 Å². The molecule has 1 aromatic carbocycles. The topological polar surface area (TPSA) is 76.7 Å². The summed E-state index contributed by atoms with van der Waals surface area (Å²) in [6.07, 6.45) is 4.47. The third-order valence-corrected chi connectivity index (χ3v) is 5.43. The average molecular weight is 376 g/mol. The first-order valence-electron chi connectivity index (χ1n) is 9.79. The maximum atomic E-state index is 12.7. The van der Waals surface area contributed by atoms with Gasteiger partial charge < -0.3 is 20.1 Å². The SMILES string of the molecule is CCC(C)C(NC(=O)C1CCC1)C(=O)NCCc1ccc(OC)c(OC)c1. The van der Waals surface area contributed by atoms with Gasteiger partial charge in [0.2, 0.25) is 11.8 Å². The molecule has 2 N–H and O–H groups in total. The third-order valence-electron chi connectivity index (χ3n) is 5.43. The smallest absolute Gasteiger partial charge is 0.242 e. The van der Waals surface area contributed by atoms with Crippen molar-refractivity contribution in [3.8, 4) is 11.5 Å². The van der Waals surface area contributed by atoms with E-state index in [0.29, 0.717) is 24.5 Å². The van der Waals surface area contributed by atoms with Gasteiger partial charge in [-0.15, -0.1) is 0 Å². The summed E-state index contributed by atoms with van der Waals surface area (Å²) in [6, 6.07) is 5.25. The molecule has 0 heterocycles. The van der Waals surface area contributed by atoms with Crippen molar-refractivity contribution in [2.75, 3.05) is 20.8 Å². The summed E-state index contributed by atoms with van der Waals surface area (Å²) in [6.45, 7) is 4.53. The fourth-order valence-electron chi connectivity index (χ4n) is 3.12. The number of amides is 2. The first kappa shape index (κ1) is 21.1. The molecule has 0 bridgehead atoms. The van der Waals surface area contributed by atoms with Crippen LogP contribution >= 0.6 is 0 Å². The number of carbonyl (C=O) groups excluding carboxylic acids is 2. The Bertz CT molecular complexity index is 643. The number of benzene rings is 1. The minimum absolute atomic E-state index is 0.0154. The highest BCUT2D eigenvalue weighted by Crippen LogP contribution is 2.28. The summed E-state index contributed by atoms with van der Waals surface area (Å²) in [5.41, 5.74) is 1.05. The summed E-state index contributed by atoms with van der Waals surface area (Å²) in [7, 11) is 3.20. The van der Waals surface area contributed by atoms with Crippen molar-refractivity contribution in [3.05, 3.63) is 23.8 Å². The summed E-state index contributed by atoms with van der Waals surface area (Å²) < 4.78 is 10.6. The van der Waals surface area contributed by atoms with Crippen molar-refractivity contribution in [3.63, 3.8) is 0 Å². The number of rotatable bonds is 10. The number of carbonyl (C=O) groups is 2. The van der Waals surface area contributed by atoms with Crippen LogP contribution in [-0.4, -0.2) is 38.6 Å². The zero-order valence-electron chi connectivity index (χ0n) is 16.8. The van der Waals surface area contributed by atoms with Gasteiger partial charge >= 0.3 is 0 Å². The molecule has 1 fully saturated rings. The van der Waals surface area contributed by atoms with Gasteiger partial charge in [0.25, 0.3) is 0 Å². The first-order chi connectivity index (χ1) is 13.0. The molecule has 0 aromatic heterocycles. The second kappa shape index (κ2) is 10.2. The molecule has 6 heteroatoms. The number of ether oxygens (including phenoxy) is 2. The van der Waals surface area contributed by atoms with E-state index in [0.717, 1.165) is 31.2 Å². The lowest BCUT2D eigenvalue weighted by Gasteiger charge is -2.29. The first-order valence-corrected chi connectivity index (χ1v) is 9.79. The molecular formula is C21H32N2O4. The van der Waals surface area contributed by atoms with E-state index in [9.17, 15) is 9.59 Å². The van der Waals surface area contributed by atoms with E-state index in [-0.39, 0.29) is 23.7 Å². The minimum Gasteiger partial charge on any atom is -0.493 e. The van der Waals surface area contributed by atoms with Gasteiger partial charge in [-0.25, -0.2) is 0 Å². The quantitative estimate of drug-likeness (QED) is 0.658. The molecule has 0 aliphatic heterocycles. The van der Waals surface area contributed by atoms with Crippen LogP contribution in [0.1, 0.15) is 45.1 Å². The molecule has 150 valence electrons. The monoisotopic (exact) mass is 376 g/mol. The number of nitrogens with one attached hydrogen (secondary N) is 2. The molecule has 2 atom stereocenters. The van der Waals surface area contributed by atoms with E-state index < -0.39 is 6.04 Å². The Morgan fingerprint density at radius 1 is 1.19 bits per heavy atom. The predicted octanol–water partition coefficient (Wildman–Crippen LogP) is 2.69. The molecule has 27 heavy (non-hydrogen) atoms. The van der Waals surface area contributed by atoms with E-state index >= 15 is 0 Å². The van der Waals surface area contributed by atoms with Crippen molar-refractivity contribution in [2.24, 2.45) is 11.8 Å². The second-order valence-corrected chi connectivity index (χ2v) is 7.23. The molecule has 1 aliphatic rings. The highest BCUT2D eigenvalue weighted by molar-refractivity contribution is 5.89. The van der Waals surface area contributed by atoms with E-state index in [4.69, 9.17) is 9.47 Å². The number of hydrogen-bond donors (Lipinski definition) is 2. The minimum atomic E-state index is -0.478. The van der Waals surface area contributed by atoms with Crippen LogP contribution < -0.4 is 20.1 Å². The van der Waals surface area contributed by atoms with Gasteiger partial charge in [-0.05, 0) is 42.9 Å². The van der Waals surface area contributed by atoms with E-state index in [1.807, 2.05) is 32.0 Å². The average Bonchev–Trinajstić information content (AvgIpc) is 2.63. The zero-order valence-corrected chi connectivity index (χ0v) is 16.8. The molecule has 0 spiro atoms. The van der Waals surface area contributed by atoms with Crippen molar-refractivity contribution >= 4 is 11.8 Å². The molecule has 1 saturated carbocycles. The van der Waals surface area contributed by atoms with Crippen molar-refractivity contribution in [1.82, 2.24) is 10.6 Å². The lowest BCUT2D eigenvalue weighted by atomic mass is 9.84. The van der Waals surface area contributed by atoms with E-state index in [2.05, 4.69) is 10.6 Å². The van der Waals surface area contributed by atoms with Gasteiger partial charge in [-0.1, -0.05) is 32.8 Å². The van der Waals surface area contributed by atoms with Crippen LogP contribution in [-0.2, 0) is 16.0 Å². The van der Waals surface area contributed by atoms with Crippen LogP contribution in [0.15, 0.2) is 18.2 Å². The molecule has 0 radical (unpaired) electrons. The van der Waals surface area contributed by atoms with E-state index in [1.165, 1.54) is 0 Å². The second-order valence-electron chi connectivity index (χ2n) is 7.23. The van der Waals surface area contributed by atoms with Crippen molar-refractivity contribution < 1.29 is 19.1 Å². The van der Waals surface area contributed by atoms with Gasteiger partial charge in [0.15, 0.2) is 11.5 Å². The Kier molecular flexibility index (Phi) is 7.95. The van der Waals surface area contributed by atoms with Gasteiger partial charge in [-0.2, -0.15) is 0 Å². The lowest BCUT2D eigenvalue weighted by Crippen LogP contribution is -2.52. The van der Waals surface area contributed by atoms with Crippen LogP contribution in [0.4, 0.5) is 0 Å². The highest BCUT2D eigenvalue weighted by atomic mass is 16.5. The molecule has 1 aliphatic carbocycles. The zero-order chi connectivity index (χ0) is 19.8. The van der Waals surface area contributed by atoms with Crippen molar-refractivity contribution in [1.29, 1.82) is 0 Å². The highest BCUT2D eigenvalue weighted by Gasteiger charge is 2.31. The molecule has 6 nitrogen and oxygen atoms in total. The summed E-state index contributed by atoms with van der Waals surface area (Å²) in [5, 5.41) is 5.93. The molecular weight excluding hydrogens is 344 g/mol. The van der Waals surface area contributed by atoms with Gasteiger partial charge in [-0.3, -0.25) is 9.59 Å². The Labute approximate surface area is 162 Å². The van der Waals surface area contributed by atoms with Gasteiger partial charge in [0, 0.05) is 12.5 Å². The van der Waals surface area contributed by atoms with E-state index in [1.54, 1.807) is 14.2 Å². The molecule has 1 aromatic rings. The molecule has 2 unspecified atom stereocenters. The Morgan fingerprint density at radius 2 is 1.89 bits per heavy atom. The Balaban J connectivity index is 1.89. The number of hydrogen-bond acceptors (Lipinski definition) is 4. The van der Waals surface area contributed by atoms with Crippen LogP contribution in [0.3, 0.4) is 0 Å². The molecule has 2 rings (SSSR count). The van der Waals surface area contributed by atoms with Crippen LogP contribution in [0.5, 0.6) is 11.5 Å². The normalized spacial score (nSPS) is 16.0. The number of methoxy groups -OCH3 is 2. The largest absolute Gasteiger partial charge is 0.493 e. The van der Waals surface area contributed by atoms with Crippen LogP contribution in [0.25, 0.3) is 0 Å². The third kappa shape index (κ3) is 5.62. The standard InChI is InChI=1S/C21H32N2O4/c1-5-14(2)19(23-20(24)16-7-6-8-16)21(25)22-12-11-15-9-10-17(26-3)18(13-15)27-4/h9-10,13-14,16,19H,5-8,11-12H2,1-4H3,(H,22,25)(H,23,24). The molecule has 0 saturated heterocycles.